The van der Waals surface area contributed by atoms with E-state index in [0.717, 1.165) is 12.1 Å². The molecule has 8 nitrogen and oxygen atoms in total. The van der Waals surface area contributed by atoms with Crippen LogP contribution in [0, 0.1) is 30.9 Å². The summed E-state index contributed by atoms with van der Waals surface area (Å²) in [5, 5.41) is 14.4. The van der Waals surface area contributed by atoms with E-state index in [0.29, 0.717) is 24.1 Å². The predicted octanol–water partition coefficient (Wildman–Crippen LogP) is 4.04. The van der Waals surface area contributed by atoms with Crippen LogP contribution < -0.4 is 15.4 Å². The second-order valence-electron chi connectivity index (χ2n) is 8.39. The molecule has 0 aliphatic carbocycles. The Labute approximate surface area is 201 Å². The quantitative estimate of drug-likeness (QED) is 0.398. The summed E-state index contributed by atoms with van der Waals surface area (Å²) in [7, 11) is 0. The molecule has 2 amide bonds. The number of nitrogens with zero attached hydrogens (tertiary/aromatic N) is 2. The van der Waals surface area contributed by atoms with E-state index in [1.54, 1.807) is 13.8 Å². The van der Waals surface area contributed by atoms with Gasteiger partial charge in [0.25, 0.3) is 5.91 Å². The predicted molar refractivity (Wildman–Crippen MR) is 125 cm³/mol. The summed E-state index contributed by atoms with van der Waals surface area (Å²) < 4.78 is 35.2. The van der Waals surface area contributed by atoms with Gasteiger partial charge in [0.1, 0.15) is 23.9 Å². The standard InChI is InChI=1S/C25H26F2N4O4/c1-5-10-25(4,30-24(33)34)14-28-23(32)21-15(3)29-22-20(11-16(6-2)12-31(21)22)35-13-17-18(26)8-7-9-19(17)27/h2,7-9,11-12,30H,5,10,13-14H2,1,3-4H3,(H,28,32)(H,33,34). The van der Waals surface area contributed by atoms with Crippen molar-refractivity contribution in [1.29, 1.82) is 0 Å². The number of fused-ring (bicyclic) bond motifs is 1. The van der Waals surface area contributed by atoms with Gasteiger partial charge in [-0.2, -0.15) is 0 Å². The lowest BCUT2D eigenvalue weighted by Crippen LogP contribution is -2.53. The highest BCUT2D eigenvalue weighted by molar-refractivity contribution is 5.95. The van der Waals surface area contributed by atoms with Crippen LogP contribution in [0.1, 0.15) is 54.0 Å². The Balaban J connectivity index is 1.93. The molecule has 1 atom stereocenters. The molecule has 0 aliphatic heterocycles. The molecule has 10 heteroatoms. The van der Waals surface area contributed by atoms with Crippen molar-refractivity contribution < 1.29 is 28.2 Å². The number of benzene rings is 1. The fourth-order valence-electron chi connectivity index (χ4n) is 3.87. The number of carbonyl (C=O) groups excluding carboxylic acids is 1. The number of nitrogens with one attached hydrogen (secondary N) is 2. The molecule has 184 valence electrons. The summed E-state index contributed by atoms with van der Waals surface area (Å²) in [5.41, 5.74) is 0.0150. The minimum atomic E-state index is -1.19. The Morgan fingerprint density at radius 2 is 2.00 bits per heavy atom. The van der Waals surface area contributed by atoms with Crippen LogP contribution in [0.4, 0.5) is 13.6 Å². The fourth-order valence-corrected chi connectivity index (χ4v) is 3.87. The first-order valence-electron chi connectivity index (χ1n) is 10.9. The Bertz CT molecular complexity index is 1290. The Morgan fingerprint density at radius 1 is 1.31 bits per heavy atom. The average molecular weight is 485 g/mol. The van der Waals surface area contributed by atoms with Crippen LogP contribution in [0.3, 0.4) is 0 Å². The van der Waals surface area contributed by atoms with Crippen molar-refractivity contribution in [3.05, 3.63) is 64.6 Å². The van der Waals surface area contributed by atoms with E-state index in [1.807, 2.05) is 6.92 Å². The molecule has 1 unspecified atom stereocenters. The van der Waals surface area contributed by atoms with Crippen LogP contribution in [0.25, 0.3) is 5.65 Å². The van der Waals surface area contributed by atoms with E-state index in [9.17, 15) is 18.4 Å². The molecule has 0 bridgehead atoms. The summed E-state index contributed by atoms with van der Waals surface area (Å²) in [6.45, 7) is 4.87. The molecule has 0 spiro atoms. The number of ether oxygens (including phenoxy) is 1. The van der Waals surface area contributed by atoms with Crippen LogP contribution in [-0.4, -0.2) is 38.6 Å². The molecule has 0 aliphatic rings. The second-order valence-corrected chi connectivity index (χ2v) is 8.39. The lowest BCUT2D eigenvalue weighted by molar-refractivity contribution is 0.0929. The first-order chi connectivity index (χ1) is 16.6. The number of rotatable bonds is 9. The minimum absolute atomic E-state index is 0.0450. The van der Waals surface area contributed by atoms with Gasteiger partial charge in [0.05, 0.1) is 16.8 Å². The zero-order chi connectivity index (χ0) is 25.8. The number of carbonyl (C=O) groups is 2. The number of aromatic nitrogens is 2. The van der Waals surface area contributed by atoms with Crippen molar-refractivity contribution >= 4 is 17.6 Å². The second kappa shape index (κ2) is 10.4. The highest BCUT2D eigenvalue weighted by Crippen LogP contribution is 2.26. The summed E-state index contributed by atoms with van der Waals surface area (Å²) in [6, 6.07) is 5.01. The van der Waals surface area contributed by atoms with Crippen LogP contribution in [0.2, 0.25) is 0 Å². The third kappa shape index (κ3) is 5.69. The largest absolute Gasteiger partial charge is 0.485 e. The summed E-state index contributed by atoms with van der Waals surface area (Å²) in [6.07, 6.45) is 7.13. The van der Waals surface area contributed by atoms with E-state index in [-0.39, 0.29) is 29.2 Å². The Kier molecular flexibility index (Phi) is 7.59. The smallest absolute Gasteiger partial charge is 0.405 e. The van der Waals surface area contributed by atoms with Crippen LogP contribution in [0.15, 0.2) is 30.5 Å². The molecule has 1 aromatic carbocycles. The van der Waals surface area contributed by atoms with Crippen LogP contribution in [-0.2, 0) is 6.61 Å². The summed E-state index contributed by atoms with van der Waals surface area (Å²) in [4.78, 5) is 28.7. The number of aryl methyl sites for hydroxylation is 1. The number of terminal acetylenes is 1. The van der Waals surface area contributed by atoms with Crippen molar-refractivity contribution in [2.45, 2.75) is 45.8 Å². The van der Waals surface area contributed by atoms with Crippen molar-refractivity contribution in [1.82, 2.24) is 20.0 Å². The van der Waals surface area contributed by atoms with Gasteiger partial charge in [0.2, 0.25) is 0 Å². The maximum Gasteiger partial charge on any atom is 0.405 e. The van der Waals surface area contributed by atoms with E-state index in [1.165, 1.54) is 22.7 Å². The molecule has 0 fully saturated rings. The lowest BCUT2D eigenvalue weighted by Gasteiger charge is -2.29. The number of hydrogen-bond donors (Lipinski definition) is 3. The molecule has 2 heterocycles. The highest BCUT2D eigenvalue weighted by atomic mass is 19.1. The maximum atomic E-state index is 14.0. The topological polar surface area (TPSA) is 105 Å². The van der Waals surface area contributed by atoms with Gasteiger partial charge in [-0.1, -0.05) is 25.3 Å². The van der Waals surface area contributed by atoms with E-state index in [2.05, 4.69) is 21.5 Å². The SMILES string of the molecule is C#Cc1cc(OCc2c(F)cccc2F)c2nc(C)c(C(=O)NCC(C)(CCC)NC(=O)O)n2c1. The molecular weight excluding hydrogens is 458 g/mol. The zero-order valence-corrected chi connectivity index (χ0v) is 19.6. The van der Waals surface area contributed by atoms with Crippen LogP contribution >= 0.6 is 0 Å². The monoisotopic (exact) mass is 484 g/mol. The van der Waals surface area contributed by atoms with Gasteiger partial charge in [-0.25, -0.2) is 18.6 Å². The molecule has 2 aromatic heterocycles. The molecule has 3 aromatic rings. The lowest BCUT2D eigenvalue weighted by atomic mass is 9.96. The molecule has 3 rings (SSSR count). The third-order valence-electron chi connectivity index (χ3n) is 5.53. The summed E-state index contributed by atoms with van der Waals surface area (Å²) >= 11 is 0. The van der Waals surface area contributed by atoms with Gasteiger partial charge in [-0.15, -0.1) is 6.42 Å². The van der Waals surface area contributed by atoms with Gasteiger partial charge in [-0.3, -0.25) is 9.20 Å². The molecule has 3 N–H and O–H groups in total. The maximum absolute atomic E-state index is 14.0. The number of hydrogen-bond acceptors (Lipinski definition) is 4. The number of imidazole rings is 1. The van der Waals surface area contributed by atoms with Crippen molar-refractivity contribution in [2.24, 2.45) is 0 Å². The number of carboxylic acid groups (broad SMARTS) is 1. The highest BCUT2D eigenvalue weighted by Gasteiger charge is 2.28. The molecule has 0 saturated heterocycles. The average Bonchev–Trinajstić information content (AvgIpc) is 3.12. The van der Waals surface area contributed by atoms with E-state index in [4.69, 9.17) is 16.3 Å². The molecule has 0 radical (unpaired) electrons. The molecule has 35 heavy (non-hydrogen) atoms. The minimum Gasteiger partial charge on any atom is -0.485 e. The zero-order valence-electron chi connectivity index (χ0n) is 19.6. The fraction of sp³-hybridized carbons (Fsp3) is 0.320. The number of halogens is 2. The number of pyridine rings is 1. The number of amides is 2. The van der Waals surface area contributed by atoms with E-state index < -0.39 is 35.8 Å². The first kappa shape index (κ1) is 25.5. The summed E-state index contributed by atoms with van der Waals surface area (Å²) in [5.74, 6) is 0.616. The molecular formula is C25H26F2N4O4. The van der Waals surface area contributed by atoms with Gasteiger partial charge < -0.3 is 20.5 Å². The van der Waals surface area contributed by atoms with Gasteiger partial charge in [0.15, 0.2) is 11.4 Å². The van der Waals surface area contributed by atoms with Gasteiger partial charge in [-0.05, 0) is 32.4 Å². The van der Waals surface area contributed by atoms with Gasteiger partial charge >= 0.3 is 6.09 Å². The normalized spacial score (nSPS) is 12.6. The van der Waals surface area contributed by atoms with Crippen molar-refractivity contribution in [3.63, 3.8) is 0 Å². The first-order valence-corrected chi connectivity index (χ1v) is 10.9. The van der Waals surface area contributed by atoms with E-state index >= 15 is 0 Å². The van der Waals surface area contributed by atoms with Crippen molar-refractivity contribution in [2.75, 3.05) is 6.54 Å². The Morgan fingerprint density at radius 3 is 2.60 bits per heavy atom. The third-order valence-corrected chi connectivity index (χ3v) is 5.53. The molecule has 0 saturated carbocycles. The van der Waals surface area contributed by atoms with Gasteiger partial charge in [0, 0.05) is 24.4 Å². The van der Waals surface area contributed by atoms with Crippen LogP contribution in [0.5, 0.6) is 5.75 Å². The Hall–Kier alpha value is -4.13. The van der Waals surface area contributed by atoms with Crippen molar-refractivity contribution in [3.8, 4) is 18.1 Å².